The van der Waals surface area contributed by atoms with Crippen molar-refractivity contribution in [1.29, 1.82) is 0 Å². The van der Waals surface area contributed by atoms with Gasteiger partial charge in [0.05, 0.1) is 18.8 Å². The third-order valence-corrected chi connectivity index (χ3v) is 4.44. The fourth-order valence-corrected chi connectivity index (χ4v) is 2.93. The number of hydrogen-bond donors (Lipinski definition) is 0. The smallest absolute Gasteiger partial charge is 0.0598 e. The average Bonchev–Trinajstić information content (AvgIpc) is 2.40. The Bertz CT molecular complexity index is 282. The first-order chi connectivity index (χ1) is 10.2. The summed E-state index contributed by atoms with van der Waals surface area (Å²) >= 11 is 0. The molecule has 1 saturated heterocycles. The SMILES string of the molecule is CC(C)(C)OCCC(CCOCC1CCCOC1)C(C)(C)C. The lowest BCUT2D eigenvalue weighted by molar-refractivity contribution is -0.0232. The van der Waals surface area contributed by atoms with Crippen LogP contribution in [0.5, 0.6) is 0 Å². The molecule has 1 fully saturated rings. The first-order valence-electron chi connectivity index (χ1n) is 8.98. The van der Waals surface area contributed by atoms with E-state index in [1.807, 2.05) is 0 Å². The normalized spacial score (nSPS) is 21.8. The minimum atomic E-state index is -0.0417. The molecule has 1 rings (SSSR count). The van der Waals surface area contributed by atoms with Gasteiger partial charge >= 0.3 is 0 Å². The van der Waals surface area contributed by atoms with Crippen LogP contribution in [-0.2, 0) is 14.2 Å². The van der Waals surface area contributed by atoms with Crippen molar-refractivity contribution >= 4 is 0 Å². The van der Waals surface area contributed by atoms with Crippen molar-refractivity contribution in [2.45, 2.75) is 72.8 Å². The van der Waals surface area contributed by atoms with E-state index in [9.17, 15) is 0 Å². The van der Waals surface area contributed by atoms with Crippen LogP contribution < -0.4 is 0 Å². The van der Waals surface area contributed by atoms with Gasteiger partial charge in [-0.3, -0.25) is 0 Å². The largest absolute Gasteiger partial charge is 0.381 e. The summed E-state index contributed by atoms with van der Waals surface area (Å²) in [7, 11) is 0. The van der Waals surface area contributed by atoms with Crippen molar-refractivity contribution in [2.24, 2.45) is 17.3 Å². The van der Waals surface area contributed by atoms with Crippen molar-refractivity contribution in [3.8, 4) is 0 Å². The Labute approximate surface area is 138 Å². The van der Waals surface area contributed by atoms with Crippen LogP contribution in [0.4, 0.5) is 0 Å². The molecular weight excluding hydrogens is 276 g/mol. The predicted octanol–water partition coefficient (Wildman–Crippen LogP) is 4.69. The second-order valence-corrected chi connectivity index (χ2v) is 8.76. The molecule has 1 aliphatic rings. The van der Waals surface area contributed by atoms with E-state index < -0.39 is 0 Å². The number of rotatable bonds is 8. The van der Waals surface area contributed by atoms with Crippen LogP contribution in [0, 0.1) is 17.3 Å². The highest BCUT2D eigenvalue weighted by Crippen LogP contribution is 2.32. The van der Waals surface area contributed by atoms with E-state index in [1.165, 1.54) is 12.8 Å². The highest BCUT2D eigenvalue weighted by atomic mass is 16.5. The highest BCUT2D eigenvalue weighted by molar-refractivity contribution is 4.74. The Morgan fingerprint density at radius 3 is 2.27 bits per heavy atom. The highest BCUT2D eigenvalue weighted by Gasteiger charge is 2.25. The van der Waals surface area contributed by atoms with Crippen LogP contribution in [0.3, 0.4) is 0 Å². The molecule has 0 saturated carbocycles. The van der Waals surface area contributed by atoms with Gasteiger partial charge in [0.25, 0.3) is 0 Å². The van der Waals surface area contributed by atoms with Crippen LogP contribution in [0.1, 0.15) is 67.2 Å². The molecule has 0 aromatic rings. The Morgan fingerprint density at radius 2 is 1.73 bits per heavy atom. The van der Waals surface area contributed by atoms with E-state index in [0.29, 0.717) is 17.3 Å². The molecule has 0 spiro atoms. The standard InChI is InChI=1S/C19H38O3/c1-18(2,3)17(10-13-22-19(4,5)6)9-12-21-15-16-8-7-11-20-14-16/h16-17H,7-15H2,1-6H3. The van der Waals surface area contributed by atoms with Gasteiger partial charge in [-0.25, -0.2) is 0 Å². The summed E-state index contributed by atoms with van der Waals surface area (Å²) in [5.41, 5.74) is 0.262. The fraction of sp³-hybridized carbons (Fsp3) is 1.00. The third kappa shape index (κ3) is 9.12. The third-order valence-electron chi connectivity index (χ3n) is 4.44. The Hall–Kier alpha value is -0.120. The predicted molar refractivity (Wildman–Crippen MR) is 92.2 cm³/mol. The molecule has 3 heteroatoms. The molecule has 0 bridgehead atoms. The summed E-state index contributed by atoms with van der Waals surface area (Å²) in [6.07, 6.45) is 4.66. The molecule has 3 nitrogen and oxygen atoms in total. The van der Waals surface area contributed by atoms with Gasteiger partial charge in [-0.1, -0.05) is 20.8 Å². The maximum Gasteiger partial charge on any atom is 0.0598 e. The molecular formula is C19H38O3. The van der Waals surface area contributed by atoms with Gasteiger partial charge < -0.3 is 14.2 Å². The van der Waals surface area contributed by atoms with Crippen LogP contribution >= 0.6 is 0 Å². The molecule has 1 aliphatic heterocycles. The molecule has 2 atom stereocenters. The van der Waals surface area contributed by atoms with Gasteiger partial charge in [-0.2, -0.15) is 0 Å². The van der Waals surface area contributed by atoms with Gasteiger partial charge in [0, 0.05) is 25.7 Å². The first kappa shape index (κ1) is 19.9. The van der Waals surface area contributed by atoms with E-state index in [1.54, 1.807) is 0 Å². The molecule has 1 heterocycles. The summed E-state index contributed by atoms with van der Waals surface area (Å²) in [5.74, 6) is 1.24. The van der Waals surface area contributed by atoms with Gasteiger partial charge in [0.15, 0.2) is 0 Å². The van der Waals surface area contributed by atoms with Crippen molar-refractivity contribution in [3.05, 3.63) is 0 Å². The quantitative estimate of drug-likeness (QED) is 0.608. The average molecular weight is 315 g/mol. The van der Waals surface area contributed by atoms with Crippen LogP contribution in [-0.4, -0.2) is 38.6 Å². The van der Waals surface area contributed by atoms with E-state index in [2.05, 4.69) is 41.5 Å². The zero-order valence-electron chi connectivity index (χ0n) is 15.7. The van der Waals surface area contributed by atoms with Crippen molar-refractivity contribution in [3.63, 3.8) is 0 Å². The van der Waals surface area contributed by atoms with Crippen molar-refractivity contribution < 1.29 is 14.2 Å². The second-order valence-electron chi connectivity index (χ2n) is 8.76. The van der Waals surface area contributed by atoms with Gasteiger partial charge in [0.1, 0.15) is 0 Å². The monoisotopic (exact) mass is 314 g/mol. The van der Waals surface area contributed by atoms with Gasteiger partial charge in [-0.15, -0.1) is 0 Å². The summed E-state index contributed by atoms with van der Waals surface area (Å²) in [6.45, 7) is 17.7. The lowest BCUT2D eigenvalue weighted by Gasteiger charge is -2.32. The topological polar surface area (TPSA) is 27.7 Å². The van der Waals surface area contributed by atoms with Crippen molar-refractivity contribution in [2.75, 3.05) is 33.0 Å². The Morgan fingerprint density at radius 1 is 1.05 bits per heavy atom. The zero-order chi connectivity index (χ0) is 16.6. The Kier molecular flexibility index (Phi) is 8.37. The molecule has 0 radical (unpaired) electrons. The van der Waals surface area contributed by atoms with Crippen LogP contribution in [0.15, 0.2) is 0 Å². The molecule has 22 heavy (non-hydrogen) atoms. The van der Waals surface area contributed by atoms with E-state index >= 15 is 0 Å². The molecule has 0 aromatic carbocycles. The molecule has 2 unspecified atom stereocenters. The van der Waals surface area contributed by atoms with E-state index in [4.69, 9.17) is 14.2 Å². The molecule has 0 N–H and O–H groups in total. The maximum atomic E-state index is 5.93. The second kappa shape index (κ2) is 9.24. The summed E-state index contributed by atoms with van der Waals surface area (Å²) in [4.78, 5) is 0. The molecule has 0 amide bonds. The van der Waals surface area contributed by atoms with Crippen LogP contribution in [0.25, 0.3) is 0 Å². The minimum absolute atomic E-state index is 0.0417. The van der Waals surface area contributed by atoms with Crippen molar-refractivity contribution in [1.82, 2.24) is 0 Å². The fourth-order valence-electron chi connectivity index (χ4n) is 2.93. The summed E-state index contributed by atoms with van der Waals surface area (Å²) in [5, 5.41) is 0. The lowest BCUT2D eigenvalue weighted by atomic mass is 9.77. The van der Waals surface area contributed by atoms with E-state index in [-0.39, 0.29) is 5.60 Å². The van der Waals surface area contributed by atoms with E-state index in [0.717, 1.165) is 45.9 Å². The molecule has 132 valence electrons. The first-order valence-corrected chi connectivity index (χ1v) is 8.98. The summed E-state index contributed by atoms with van der Waals surface area (Å²) < 4.78 is 17.3. The lowest BCUT2D eigenvalue weighted by Crippen LogP contribution is -2.27. The van der Waals surface area contributed by atoms with Crippen LogP contribution in [0.2, 0.25) is 0 Å². The summed E-state index contributed by atoms with van der Waals surface area (Å²) in [6, 6.07) is 0. The number of ether oxygens (including phenoxy) is 3. The van der Waals surface area contributed by atoms with Gasteiger partial charge in [-0.05, 0) is 57.8 Å². The molecule has 0 aliphatic carbocycles. The number of hydrogen-bond acceptors (Lipinski definition) is 3. The zero-order valence-corrected chi connectivity index (χ0v) is 15.7. The maximum absolute atomic E-state index is 5.93. The molecule has 0 aromatic heterocycles. The minimum Gasteiger partial charge on any atom is -0.381 e. The Balaban J connectivity index is 2.23. The van der Waals surface area contributed by atoms with Gasteiger partial charge in [0.2, 0.25) is 0 Å².